The third-order valence-electron chi connectivity index (χ3n) is 4.32. The van der Waals surface area contributed by atoms with Crippen molar-refractivity contribution in [2.24, 2.45) is 0 Å². The van der Waals surface area contributed by atoms with E-state index < -0.39 is 67.3 Å². The van der Waals surface area contributed by atoms with Crippen molar-refractivity contribution in [3.63, 3.8) is 0 Å². The highest BCUT2D eigenvalue weighted by Crippen LogP contribution is 2.24. The zero-order chi connectivity index (χ0) is 18.9. The largest absolute Gasteiger partial charge is 0.388 e. The van der Waals surface area contributed by atoms with Gasteiger partial charge in [-0.3, -0.25) is 4.79 Å². The van der Waals surface area contributed by atoms with Crippen LogP contribution in [-0.4, -0.2) is 105 Å². The Hall–Kier alpha value is -0.890. The van der Waals surface area contributed by atoms with Crippen LogP contribution in [0.15, 0.2) is 0 Å². The summed E-state index contributed by atoms with van der Waals surface area (Å²) in [6.07, 6.45) is -12.2. The lowest BCUT2D eigenvalue weighted by atomic mass is 9.97. The lowest BCUT2D eigenvalue weighted by molar-refractivity contribution is -0.313. The normalized spacial score (nSPS) is 48.2. The van der Waals surface area contributed by atoms with Gasteiger partial charge < -0.3 is 50.2 Å². The molecule has 146 valence electrons. The van der Waals surface area contributed by atoms with Gasteiger partial charge in [0.1, 0.15) is 42.7 Å². The van der Waals surface area contributed by atoms with E-state index in [1.54, 1.807) is 0 Å². The van der Waals surface area contributed by atoms with Crippen LogP contribution < -0.4 is 5.32 Å². The summed E-state index contributed by atoms with van der Waals surface area (Å²) in [5, 5.41) is 61.4. The van der Waals surface area contributed by atoms with Gasteiger partial charge in [0, 0.05) is 6.92 Å². The lowest BCUT2D eigenvalue weighted by Crippen LogP contribution is -2.64. The van der Waals surface area contributed by atoms with Crippen molar-refractivity contribution in [1.29, 1.82) is 0 Å². The quantitative estimate of drug-likeness (QED) is 0.257. The number of aliphatic hydroxyl groups excluding tert-OH is 6. The molecule has 0 aromatic heterocycles. The Morgan fingerprint density at radius 3 is 2.20 bits per heavy atom. The van der Waals surface area contributed by atoms with Gasteiger partial charge in [-0.15, -0.1) is 0 Å². The number of ether oxygens (including phenoxy) is 3. The van der Waals surface area contributed by atoms with E-state index in [1.807, 2.05) is 0 Å². The topological polar surface area (TPSA) is 178 Å². The van der Waals surface area contributed by atoms with E-state index in [0.717, 1.165) is 0 Å². The van der Waals surface area contributed by atoms with Crippen LogP contribution in [0.4, 0.5) is 0 Å². The van der Waals surface area contributed by atoms with Crippen molar-refractivity contribution in [3.05, 3.63) is 0 Å². The molecule has 0 spiro atoms. The smallest absolute Gasteiger partial charge is 0.217 e. The number of aliphatic hydroxyl groups is 6. The van der Waals surface area contributed by atoms with E-state index in [-0.39, 0.29) is 6.61 Å². The van der Waals surface area contributed by atoms with Crippen molar-refractivity contribution in [3.8, 4) is 0 Å². The zero-order valence-electron chi connectivity index (χ0n) is 13.8. The standard InChI is InChI=1S/C14H25NO10/c1-4-8(17)11(20)12(21)14(24-4)23-3-6-9(18)10(19)7(13(22)25-6)15-5(2)16/h4,6-14,17-22H,3H2,1-2H3,(H,15,16)/t4-,6+,7+,8+,9+,10+,11+,12-,13?,14+/m0/s1. The average molecular weight is 367 g/mol. The SMILES string of the molecule is CC(=O)N[C@H]1C(O)O[C@H](CO[C@@H]2O[C@@H](C)[C@@H](O)[C@@H](O)[C@@H]2O)[C@@H](O)[C@@H]1O. The molecule has 11 heteroatoms. The molecule has 2 saturated heterocycles. The molecule has 0 radical (unpaired) electrons. The summed E-state index contributed by atoms with van der Waals surface area (Å²) in [6.45, 7) is 2.27. The minimum Gasteiger partial charge on any atom is -0.388 e. The summed E-state index contributed by atoms with van der Waals surface area (Å²) < 4.78 is 15.6. The van der Waals surface area contributed by atoms with E-state index in [1.165, 1.54) is 13.8 Å². The van der Waals surface area contributed by atoms with Crippen molar-refractivity contribution in [2.45, 2.75) is 75.2 Å². The van der Waals surface area contributed by atoms with Gasteiger partial charge in [-0.05, 0) is 6.92 Å². The van der Waals surface area contributed by atoms with Crippen LogP contribution in [-0.2, 0) is 19.0 Å². The van der Waals surface area contributed by atoms with Crippen LogP contribution in [0.25, 0.3) is 0 Å². The second-order valence-electron chi connectivity index (χ2n) is 6.29. The molecule has 0 bridgehead atoms. The predicted molar refractivity (Wildman–Crippen MR) is 78.8 cm³/mol. The van der Waals surface area contributed by atoms with Crippen LogP contribution in [0.3, 0.4) is 0 Å². The van der Waals surface area contributed by atoms with Crippen molar-refractivity contribution in [2.75, 3.05) is 6.61 Å². The van der Waals surface area contributed by atoms with Gasteiger partial charge in [0.15, 0.2) is 12.6 Å². The third kappa shape index (κ3) is 4.45. The molecule has 2 heterocycles. The molecule has 0 aliphatic carbocycles. The molecule has 0 aromatic rings. The van der Waals surface area contributed by atoms with Crippen LogP contribution >= 0.6 is 0 Å². The Labute approximate surface area is 143 Å². The molecular weight excluding hydrogens is 342 g/mol. The number of carbonyl (C=O) groups excluding carboxylic acids is 1. The first-order chi connectivity index (χ1) is 11.6. The van der Waals surface area contributed by atoms with E-state index in [0.29, 0.717) is 0 Å². The monoisotopic (exact) mass is 367 g/mol. The first-order valence-corrected chi connectivity index (χ1v) is 7.91. The number of nitrogens with one attached hydrogen (secondary N) is 1. The Morgan fingerprint density at radius 1 is 0.960 bits per heavy atom. The van der Waals surface area contributed by atoms with E-state index in [9.17, 15) is 35.4 Å². The number of rotatable bonds is 4. The fraction of sp³-hybridized carbons (Fsp3) is 0.929. The fourth-order valence-electron chi connectivity index (χ4n) is 2.82. The summed E-state index contributed by atoms with van der Waals surface area (Å²) >= 11 is 0. The average Bonchev–Trinajstić information content (AvgIpc) is 2.55. The third-order valence-corrected chi connectivity index (χ3v) is 4.32. The van der Waals surface area contributed by atoms with Crippen LogP contribution in [0.5, 0.6) is 0 Å². The minimum atomic E-state index is -1.58. The van der Waals surface area contributed by atoms with Crippen molar-refractivity contribution < 1.29 is 49.6 Å². The molecule has 0 aromatic carbocycles. The summed E-state index contributed by atoms with van der Waals surface area (Å²) in [7, 11) is 0. The molecule has 0 saturated carbocycles. The fourth-order valence-corrected chi connectivity index (χ4v) is 2.82. The van der Waals surface area contributed by atoms with Gasteiger partial charge in [-0.25, -0.2) is 0 Å². The van der Waals surface area contributed by atoms with Crippen LogP contribution in [0, 0.1) is 0 Å². The van der Waals surface area contributed by atoms with Crippen LogP contribution in [0.1, 0.15) is 13.8 Å². The van der Waals surface area contributed by atoms with Gasteiger partial charge in [-0.1, -0.05) is 0 Å². The summed E-state index contributed by atoms with van der Waals surface area (Å²) in [4.78, 5) is 11.1. The maximum absolute atomic E-state index is 11.1. The highest BCUT2D eigenvalue weighted by Gasteiger charge is 2.46. The Balaban J connectivity index is 1.94. The Kier molecular flexibility index (Phi) is 6.70. The predicted octanol–water partition coefficient (Wildman–Crippen LogP) is -4.23. The maximum atomic E-state index is 11.1. The molecule has 1 amide bonds. The molecule has 2 rings (SSSR count). The molecule has 2 fully saturated rings. The highest BCUT2D eigenvalue weighted by atomic mass is 16.7. The second kappa shape index (κ2) is 8.20. The summed E-state index contributed by atoms with van der Waals surface area (Å²) in [5.74, 6) is -0.520. The molecule has 7 N–H and O–H groups in total. The van der Waals surface area contributed by atoms with Gasteiger partial charge in [-0.2, -0.15) is 0 Å². The lowest BCUT2D eigenvalue weighted by Gasteiger charge is -2.42. The van der Waals surface area contributed by atoms with Crippen molar-refractivity contribution in [1.82, 2.24) is 5.32 Å². The summed E-state index contributed by atoms with van der Waals surface area (Å²) in [5.41, 5.74) is 0. The molecule has 2 aliphatic heterocycles. The van der Waals surface area contributed by atoms with Gasteiger partial charge >= 0.3 is 0 Å². The molecule has 25 heavy (non-hydrogen) atoms. The summed E-state index contributed by atoms with van der Waals surface area (Å²) in [6, 6.07) is -1.21. The second-order valence-corrected chi connectivity index (χ2v) is 6.29. The molecule has 11 nitrogen and oxygen atoms in total. The number of carbonyl (C=O) groups is 1. The van der Waals surface area contributed by atoms with E-state index in [2.05, 4.69) is 5.32 Å². The minimum absolute atomic E-state index is 0.390. The van der Waals surface area contributed by atoms with Gasteiger partial charge in [0.05, 0.1) is 12.7 Å². The van der Waals surface area contributed by atoms with Crippen molar-refractivity contribution >= 4 is 5.91 Å². The zero-order valence-corrected chi connectivity index (χ0v) is 13.8. The van der Waals surface area contributed by atoms with Crippen LogP contribution in [0.2, 0.25) is 0 Å². The maximum Gasteiger partial charge on any atom is 0.217 e. The van der Waals surface area contributed by atoms with Gasteiger partial charge in [0.2, 0.25) is 5.91 Å². The molecular formula is C14H25NO10. The molecule has 1 unspecified atom stereocenters. The van der Waals surface area contributed by atoms with Gasteiger partial charge in [0.25, 0.3) is 0 Å². The number of hydrogen-bond acceptors (Lipinski definition) is 10. The molecule has 10 atom stereocenters. The highest BCUT2D eigenvalue weighted by molar-refractivity contribution is 5.73. The molecule has 2 aliphatic rings. The Morgan fingerprint density at radius 2 is 1.60 bits per heavy atom. The number of hydrogen-bond donors (Lipinski definition) is 7. The first kappa shape index (κ1) is 20.4. The Bertz CT molecular complexity index is 465. The first-order valence-electron chi connectivity index (χ1n) is 7.91. The number of amides is 1. The van der Waals surface area contributed by atoms with E-state index >= 15 is 0 Å². The van der Waals surface area contributed by atoms with E-state index in [4.69, 9.17) is 14.2 Å².